The Balaban J connectivity index is 2.07. The summed E-state index contributed by atoms with van der Waals surface area (Å²) in [6.45, 7) is 1.72. The van der Waals surface area contributed by atoms with Gasteiger partial charge < -0.3 is 15.5 Å². The summed E-state index contributed by atoms with van der Waals surface area (Å²) < 4.78 is 24.5. The van der Waals surface area contributed by atoms with E-state index in [1.54, 1.807) is 61.5 Å². The number of aliphatic hydroxyl groups is 1. The number of rotatable bonds is 7. The van der Waals surface area contributed by atoms with E-state index in [4.69, 9.17) is 0 Å². The number of phenolic OH excluding ortho intramolecular Hbond substituents is 1. The molecule has 0 radical (unpaired) electrons. The van der Waals surface area contributed by atoms with Gasteiger partial charge in [-0.2, -0.15) is 0 Å². The molecule has 2 aromatic carbocycles. The quantitative estimate of drug-likeness (QED) is 0.716. The van der Waals surface area contributed by atoms with E-state index in [-0.39, 0.29) is 29.5 Å². The number of phenols is 1. The first-order valence-corrected chi connectivity index (χ1v) is 8.96. The van der Waals surface area contributed by atoms with Crippen LogP contribution in [0.2, 0.25) is 0 Å². The molecular formula is C17H21NO4S. The van der Waals surface area contributed by atoms with Gasteiger partial charge in [-0.25, -0.2) is 8.42 Å². The summed E-state index contributed by atoms with van der Waals surface area (Å²) >= 11 is 0. The number of hydrogen-bond donors (Lipinski definition) is 3. The fraction of sp³-hybridized carbons (Fsp3) is 0.294. The van der Waals surface area contributed by atoms with Crippen molar-refractivity contribution in [3.05, 3.63) is 60.2 Å². The van der Waals surface area contributed by atoms with Crippen LogP contribution >= 0.6 is 0 Å². The molecule has 0 heterocycles. The summed E-state index contributed by atoms with van der Waals surface area (Å²) in [5.41, 5.74) is -0.137. The van der Waals surface area contributed by atoms with Crippen molar-refractivity contribution in [3.63, 3.8) is 0 Å². The standard InChI is InChI=1S/C17H21NO4S/c1-17(13-19,14-6-5-7-15(20)12-14)18-10-11-23(21,22)16-8-3-2-4-9-16/h2-9,12,18-20H,10-11,13H2,1H3/t17-/m0/s1. The summed E-state index contributed by atoms with van der Waals surface area (Å²) in [4.78, 5) is 0.282. The second-order valence-electron chi connectivity index (χ2n) is 5.60. The number of hydrogen-bond acceptors (Lipinski definition) is 5. The summed E-state index contributed by atoms with van der Waals surface area (Å²) in [5, 5.41) is 22.3. The van der Waals surface area contributed by atoms with E-state index in [9.17, 15) is 18.6 Å². The molecule has 3 N–H and O–H groups in total. The summed E-state index contributed by atoms with van der Waals surface area (Å²) in [6, 6.07) is 14.8. The van der Waals surface area contributed by atoms with Gasteiger partial charge in [-0.1, -0.05) is 30.3 Å². The van der Waals surface area contributed by atoms with Crippen molar-refractivity contribution in [2.45, 2.75) is 17.4 Å². The minimum absolute atomic E-state index is 0.0780. The van der Waals surface area contributed by atoms with Gasteiger partial charge in [0.15, 0.2) is 9.84 Å². The number of aromatic hydroxyl groups is 1. The number of nitrogens with one attached hydrogen (secondary N) is 1. The lowest BCUT2D eigenvalue weighted by Crippen LogP contribution is -2.44. The molecule has 0 spiro atoms. The lowest BCUT2D eigenvalue weighted by atomic mass is 9.93. The monoisotopic (exact) mass is 335 g/mol. The van der Waals surface area contributed by atoms with Gasteiger partial charge in [0.25, 0.3) is 0 Å². The van der Waals surface area contributed by atoms with Crippen molar-refractivity contribution >= 4 is 9.84 Å². The highest BCUT2D eigenvalue weighted by Gasteiger charge is 2.26. The van der Waals surface area contributed by atoms with Crippen molar-refractivity contribution in [1.82, 2.24) is 5.32 Å². The SMILES string of the molecule is C[C@@](CO)(NCCS(=O)(=O)c1ccccc1)c1cccc(O)c1. The number of benzene rings is 2. The molecule has 2 rings (SSSR count). The van der Waals surface area contributed by atoms with E-state index < -0.39 is 15.4 Å². The predicted molar refractivity (Wildman–Crippen MR) is 89.0 cm³/mol. The third kappa shape index (κ3) is 4.31. The number of sulfone groups is 1. The molecule has 0 amide bonds. The minimum atomic E-state index is -3.37. The van der Waals surface area contributed by atoms with Crippen molar-refractivity contribution < 1.29 is 18.6 Å². The van der Waals surface area contributed by atoms with Crippen LogP contribution < -0.4 is 5.32 Å². The largest absolute Gasteiger partial charge is 0.508 e. The van der Waals surface area contributed by atoms with E-state index in [0.717, 1.165) is 0 Å². The van der Waals surface area contributed by atoms with E-state index >= 15 is 0 Å². The van der Waals surface area contributed by atoms with Gasteiger partial charge in [0, 0.05) is 6.54 Å². The molecule has 0 aromatic heterocycles. The molecule has 0 aliphatic carbocycles. The summed E-state index contributed by atoms with van der Waals surface area (Å²) in [7, 11) is -3.37. The fourth-order valence-corrected chi connectivity index (χ4v) is 3.48. The maximum absolute atomic E-state index is 12.3. The van der Waals surface area contributed by atoms with Gasteiger partial charge in [0.2, 0.25) is 0 Å². The van der Waals surface area contributed by atoms with Crippen LogP contribution in [0.15, 0.2) is 59.5 Å². The van der Waals surface area contributed by atoms with E-state index in [1.807, 2.05) is 0 Å². The van der Waals surface area contributed by atoms with E-state index in [1.165, 1.54) is 0 Å². The first-order valence-electron chi connectivity index (χ1n) is 7.31. The van der Waals surface area contributed by atoms with E-state index in [0.29, 0.717) is 5.56 Å². The Morgan fingerprint density at radius 2 is 1.78 bits per heavy atom. The molecule has 1 atom stereocenters. The Morgan fingerprint density at radius 1 is 1.09 bits per heavy atom. The lowest BCUT2D eigenvalue weighted by molar-refractivity contribution is 0.177. The molecule has 0 bridgehead atoms. The van der Waals surface area contributed by atoms with Crippen LogP contribution in [-0.2, 0) is 15.4 Å². The highest BCUT2D eigenvalue weighted by atomic mass is 32.2. The minimum Gasteiger partial charge on any atom is -0.508 e. The Kier molecular flexibility index (Phi) is 5.41. The Labute approximate surface area is 136 Å². The molecule has 0 aliphatic heterocycles. The average molecular weight is 335 g/mol. The van der Waals surface area contributed by atoms with Crippen LogP contribution in [0.5, 0.6) is 5.75 Å². The number of aliphatic hydroxyl groups excluding tert-OH is 1. The van der Waals surface area contributed by atoms with Gasteiger partial charge in [-0.15, -0.1) is 0 Å². The first-order chi connectivity index (χ1) is 10.9. The molecule has 2 aromatic rings. The molecule has 0 saturated heterocycles. The van der Waals surface area contributed by atoms with Crippen LogP contribution in [0.1, 0.15) is 12.5 Å². The maximum atomic E-state index is 12.3. The van der Waals surface area contributed by atoms with Crippen molar-refractivity contribution in [1.29, 1.82) is 0 Å². The van der Waals surface area contributed by atoms with Crippen LogP contribution in [0.25, 0.3) is 0 Å². The Morgan fingerprint density at radius 3 is 2.39 bits per heavy atom. The average Bonchev–Trinajstić information content (AvgIpc) is 2.55. The maximum Gasteiger partial charge on any atom is 0.179 e. The van der Waals surface area contributed by atoms with Crippen LogP contribution in [0, 0.1) is 0 Å². The third-order valence-electron chi connectivity index (χ3n) is 3.79. The lowest BCUT2D eigenvalue weighted by Gasteiger charge is -2.29. The van der Waals surface area contributed by atoms with Crippen molar-refractivity contribution in [3.8, 4) is 5.75 Å². The molecule has 5 nitrogen and oxygen atoms in total. The topological polar surface area (TPSA) is 86.6 Å². The van der Waals surface area contributed by atoms with Crippen LogP contribution in [-0.4, -0.2) is 37.5 Å². The molecule has 124 valence electrons. The molecule has 0 saturated carbocycles. The zero-order valence-electron chi connectivity index (χ0n) is 12.9. The Bertz CT molecular complexity index is 746. The first kappa shape index (κ1) is 17.5. The van der Waals surface area contributed by atoms with Gasteiger partial charge in [0.1, 0.15) is 5.75 Å². The second-order valence-corrected chi connectivity index (χ2v) is 7.71. The van der Waals surface area contributed by atoms with Crippen molar-refractivity contribution in [2.75, 3.05) is 18.9 Å². The second kappa shape index (κ2) is 7.12. The predicted octanol–water partition coefficient (Wildman–Crippen LogP) is 1.66. The van der Waals surface area contributed by atoms with Crippen LogP contribution in [0.3, 0.4) is 0 Å². The zero-order valence-corrected chi connectivity index (χ0v) is 13.8. The normalized spacial score (nSPS) is 14.3. The molecule has 0 unspecified atom stereocenters. The van der Waals surface area contributed by atoms with Gasteiger partial charge in [-0.3, -0.25) is 0 Å². The smallest absolute Gasteiger partial charge is 0.179 e. The summed E-state index contributed by atoms with van der Waals surface area (Å²) in [6.07, 6.45) is 0. The molecular weight excluding hydrogens is 314 g/mol. The summed E-state index contributed by atoms with van der Waals surface area (Å²) in [5.74, 6) is 0.0201. The molecule has 23 heavy (non-hydrogen) atoms. The molecule has 0 fully saturated rings. The van der Waals surface area contributed by atoms with Crippen molar-refractivity contribution in [2.24, 2.45) is 0 Å². The van der Waals surface area contributed by atoms with Crippen LogP contribution in [0.4, 0.5) is 0 Å². The highest BCUT2D eigenvalue weighted by Crippen LogP contribution is 2.23. The third-order valence-corrected chi connectivity index (χ3v) is 5.52. The van der Waals surface area contributed by atoms with Gasteiger partial charge in [-0.05, 0) is 36.8 Å². The molecule has 0 aliphatic rings. The van der Waals surface area contributed by atoms with E-state index in [2.05, 4.69) is 5.32 Å². The zero-order chi connectivity index (χ0) is 16.9. The van der Waals surface area contributed by atoms with Gasteiger partial charge >= 0.3 is 0 Å². The fourth-order valence-electron chi connectivity index (χ4n) is 2.31. The highest BCUT2D eigenvalue weighted by molar-refractivity contribution is 7.91. The Hall–Kier alpha value is -1.89. The van der Waals surface area contributed by atoms with Gasteiger partial charge in [0.05, 0.1) is 22.8 Å². The molecule has 6 heteroatoms.